The van der Waals surface area contributed by atoms with Gasteiger partial charge >= 0.3 is 5.97 Å². The van der Waals surface area contributed by atoms with Gasteiger partial charge in [0.15, 0.2) is 0 Å². The third-order valence-electron chi connectivity index (χ3n) is 5.22. The van der Waals surface area contributed by atoms with Gasteiger partial charge < -0.3 is 10.1 Å². The van der Waals surface area contributed by atoms with Crippen LogP contribution in [-0.4, -0.2) is 43.0 Å². The summed E-state index contributed by atoms with van der Waals surface area (Å²) in [5, 5.41) is 3.54. The molecule has 1 heterocycles. The Kier molecular flexibility index (Phi) is 6.86. The minimum atomic E-state index is -0.398. The largest absolute Gasteiger partial charge is 0.462 e. The quantitative estimate of drug-likeness (QED) is 0.684. The number of rotatable bonds is 7. The molecule has 0 unspecified atom stereocenters. The SMILES string of the molecule is CCOC(=O)c1c(NC(=O)CN(C)C2CCCC2)sc(C)c1-c1ccccc1. The van der Waals surface area contributed by atoms with Crippen molar-refractivity contribution < 1.29 is 14.3 Å². The number of ether oxygens (including phenoxy) is 1. The molecule has 1 aromatic carbocycles. The average molecular weight is 401 g/mol. The van der Waals surface area contributed by atoms with Gasteiger partial charge in [0.2, 0.25) is 5.91 Å². The van der Waals surface area contributed by atoms with Gasteiger partial charge in [-0.2, -0.15) is 0 Å². The number of carbonyl (C=O) groups excluding carboxylic acids is 2. The fourth-order valence-corrected chi connectivity index (χ4v) is 4.93. The van der Waals surface area contributed by atoms with Crippen LogP contribution in [0.15, 0.2) is 30.3 Å². The van der Waals surface area contributed by atoms with E-state index in [2.05, 4.69) is 10.2 Å². The summed E-state index contributed by atoms with van der Waals surface area (Å²) in [7, 11) is 2.00. The molecule has 1 amide bonds. The van der Waals surface area contributed by atoms with Crippen molar-refractivity contribution >= 4 is 28.2 Å². The number of esters is 1. The predicted molar refractivity (Wildman–Crippen MR) is 114 cm³/mol. The lowest BCUT2D eigenvalue weighted by Gasteiger charge is -2.23. The summed E-state index contributed by atoms with van der Waals surface area (Å²) in [5.41, 5.74) is 2.23. The maximum absolute atomic E-state index is 12.7. The molecule has 3 rings (SSSR count). The third-order valence-corrected chi connectivity index (χ3v) is 6.24. The predicted octanol–water partition coefficient (Wildman–Crippen LogP) is 4.71. The molecule has 6 heteroatoms. The van der Waals surface area contributed by atoms with Crippen molar-refractivity contribution in [2.45, 2.75) is 45.6 Å². The molecule has 1 aliphatic rings. The smallest absolute Gasteiger partial charge is 0.341 e. The van der Waals surface area contributed by atoms with E-state index in [9.17, 15) is 9.59 Å². The Hall–Kier alpha value is -2.18. The second kappa shape index (κ2) is 9.34. The third kappa shape index (κ3) is 4.62. The number of aryl methyl sites for hydroxylation is 1. The Balaban J connectivity index is 1.85. The number of nitrogens with one attached hydrogen (secondary N) is 1. The molecule has 1 aliphatic carbocycles. The van der Waals surface area contributed by atoms with Crippen LogP contribution in [0.5, 0.6) is 0 Å². The van der Waals surface area contributed by atoms with Crippen LogP contribution in [0.3, 0.4) is 0 Å². The van der Waals surface area contributed by atoms with Gasteiger partial charge in [-0.3, -0.25) is 9.69 Å². The van der Waals surface area contributed by atoms with Gasteiger partial charge in [0.1, 0.15) is 10.6 Å². The van der Waals surface area contributed by atoms with Crippen molar-refractivity contribution in [3.8, 4) is 11.1 Å². The van der Waals surface area contributed by atoms with Crippen LogP contribution in [0.1, 0.15) is 47.8 Å². The Morgan fingerprint density at radius 2 is 1.89 bits per heavy atom. The van der Waals surface area contributed by atoms with Crippen molar-refractivity contribution in [3.63, 3.8) is 0 Å². The number of carbonyl (C=O) groups is 2. The lowest BCUT2D eigenvalue weighted by atomic mass is 10.0. The maximum Gasteiger partial charge on any atom is 0.341 e. The molecule has 0 bridgehead atoms. The lowest BCUT2D eigenvalue weighted by Crippen LogP contribution is -2.36. The van der Waals surface area contributed by atoms with Crippen LogP contribution >= 0.6 is 11.3 Å². The molecule has 1 aromatic heterocycles. The topological polar surface area (TPSA) is 58.6 Å². The first-order valence-electron chi connectivity index (χ1n) is 9.87. The number of hydrogen-bond donors (Lipinski definition) is 1. The Labute approximate surface area is 170 Å². The fourth-order valence-electron chi connectivity index (χ4n) is 3.85. The highest BCUT2D eigenvalue weighted by molar-refractivity contribution is 7.17. The molecule has 0 atom stereocenters. The molecule has 2 aromatic rings. The van der Waals surface area contributed by atoms with E-state index in [1.165, 1.54) is 24.2 Å². The molecule has 150 valence electrons. The Bertz CT molecular complexity index is 826. The first-order chi connectivity index (χ1) is 13.5. The lowest BCUT2D eigenvalue weighted by molar-refractivity contribution is -0.117. The van der Waals surface area contributed by atoms with E-state index in [1.807, 2.05) is 44.3 Å². The molecular formula is C22H28N2O3S. The van der Waals surface area contributed by atoms with E-state index in [4.69, 9.17) is 4.74 Å². The maximum atomic E-state index is 12.7. The summed E-state index contributed by atoms with van der Waals surface area (Å²) in [6.45, 7) is 4.37. The number of hydrogen-bond acceptors (Lipinski definition) is 5. The summed E-state index contributed by atoms with van der Waals surface area (Å²) >= 11 is 1.43. The number of nitrogens with zero attached hydrogens (tertiary/aromatic N) is 1. The molecule has 1 fully saturated rings. The second-order valence-corrected chi connectivity index (χ2v) is 8.45. The van der Waals surface area contributed by atoms with Gasteiger partial charge in [-0.05, 0) is 39.3 Å². The molecule has 28 heavy (non-hydrogen) atoms. The molecule has 0 saturated heterocycles. The molecular weight excluding hydrogens is 372 g/mol. The van der Waals surface area contributed by atoms with Crippen molar-refractivity contribution in [1.29, 1.82) is 0 Å². The molecule has 1 saturated carbocycles. The highest BCUT2D eigenvalue weighted by Gasteiger charge is 2.26. The van der Waals surface area contributed by atoms with Gasteiger partial charge in [-0.15, -0.1) is 11.3 Å². The Morgan fingerprint density at radius 1 is 1.21 bits per heavy atom. The number of amides is 1. The van der Waals surface area contributed by atoms with Crippen LogP contribution in [0.2, 0.25) is 0 Å². The zero-order valence-electron chi connectivity index (χ0n) is 16.8. The van der Waals surface area contributed by atoms with E-state index < -0.39 is 5.97 Å². The van der Waals surface area contributed by atoms with E-state index in [1.54, 1.807) is 6.92 Å². The van der Waals surface area contributed by atoms with Gasteiger partial charge in [0, 0.05) is 16.5 Å². The highest BCUT2D eigenvalue weighted by atomic mass is 32.1. The van der Waals surface area contributed by atoms with Crippen LogP contribution in [0, 0.1) is 6.92 Å². The first-order valence-corrected chi connectivity index (χ1v) is 10.7. The minimum Gasteiger partial charge on any atom is -0.462 e. The summed E-state index contributed by atoms with van der Waals surface area (Å²) in [4.78, 5) is 28.5. The van der Waals surface area contributed by atoms with E-state index >= 15 is 0 Å². The second-order valence-electron chi connectivity index (χ2n) is 7.23. The normalized spacial score (nSPS) is 14.4. The van der Waals surface area contributed by atoms with E-state index in [0.29, 0.717) is 29.8 Å². The fraction of sp³-hybridized carbons (Fsp3) is 0.455. The van der Waals surface area contributed by atoms with Crippen molar-refractivity contribution in [2.24, 2.45) is 0 Å². The van der Waals surface area contributed by atoms with Gasteiger partial charge in [-0.1, -0.05) is 43.2 Å². The minimum absolute atomic E-state index is 0.0965. The van der Waals surface area contributed by atoms with E-state index in [-0.39, 0.29) is 5.91 Å². The van der Waals surface area contributed by atoms with Crippen molar-refractivity contribution in [3.05, 3.63) is 40.8 Å². The standard InChI is InChI=1S/C22H28N2O3S/c1-4-27-22(26)20-19(16-10-6-5-7-11-16)15(2)28-21(20)23-18(25)14-24(3)17-12-8-9-13-17/h5-7,10-11,17H,4,8-9,12-14H2,1-3H3,(H,23,25). The zero-order chi connectivity index (χ0) is 20.1. The number of benzene rings is 1. The van der Waals surface area contributed by atoms with Crippen LogP contribution in [-0.2, 0) is 9.53 Å². The number of likely N-dealkylation sites (N-methyl/N-ethyl adjacent to an activating group) is 1. The molecule has 1 N–H and O–H groups in total. The van der Waals surface area contributed by atoms with Gasteiger partial charge in [0.25, 0.3) is 0 Å². The number of anilines is 1. The number of thiophene rings is 1. The first kappa shape index (κ1) is 20.6. The van der Waals surface area contributed by atoms with Crippen LogP contribution in [0.25, 0.3) is 11.1 Å². The van der Waals surface area contributed by atoms with Crippen molar-refractivity contribution in [1.82, 2.24) is 4.90 Å². The monoisotopic (exact) mass is 400 g/mol. The molecule has 0 aliphatic heterocycles. The van der Waals surface area contributed by atoms with Crippen molar-refractivity contribution in [2.75, 3.05) is 25.5 Å². The highest BCUT2D eigenvalue weighted by Crippen LogP contribution is 2.40. The zero-order valence-corrected chi connectivity index (χ0v) is 17.6. The molecule has 0 spiro atoms. The Morgan fingerprint density at radius 3 is 2.54 bits per heavy atom. The van der Waals surface area contributed by atoms with Crippen LogP contribution < -0.4 is 5.32 Å². The summed E-state index contributed by atoms with van der Waals surface area (Å²) in [6.07, 6.45) is 4.75. The summed E-state index contributed by atoms with van der Waals surface area (Å²) in [6, 6.07) is 10.2. The van der Waals surface area contributed by atoms with Gasteiger partial charge in [-0.25, -0.2) is 4.79 Å². The van der Waals surface area contributed by atoms with E-state index in [0.717, 1.165) is 28.8 Å². The average Bonchev–Trinajstić information content (AvgIpc) is 3.30. The van der Waals surface area contributed by atoms with Crippen LogP contribution in [0.4, 0.5) is 5.00 Å². The summed E-state index contributed by atoms with van der Waals surface area (Å²) in [5.74, 6) is -0.494. The summed E-state index contributed by atoms with van der Waals surface area (Å²) < 4.78 is 5.29. The van der Waals surface area contributed by atoms with Gasteiger partial charge in [0.05, 0.1) is 13.2 Å². The molecule has 5 nitrogen and oxygen atoms in total. The molecule has 0 radical (unpaired) electrons.